The second kappa shape index (κ2) is 6.32. The van der Waals surface area contributed by atoms with Crippen LogP contribution in [-0.4, -0.2) is 34.9 Å². The first-order valence-electron chi connectivity index (χ1n) is 11.4. The van der Waals surface area contributed by atoms with Crippen LogP contribution in [0.1, 0.15) is 66.2 Å². The van der Waals surface area contributed by atoms with Crippen LogP contribution in [0.3, 0.4) is 0 Å². The van der Waals surface area contributed by atoms with Gasteiger partial charge in [0.25, 0.3) is 0 Å². The molecule has 0 radical (unpaired) electrons. The van der Waals surface area contributed by atoms with E-state index < -0.39 is 5.60 Å². The molecule has 1 saturated heterocycles. The smallest absolute Gasteiger partial charge is 0.309 e. The number of rotatable bonds is 1. The van der Waals surface area contributed by atoms with Gasteiger partial charge in [0, 0.05) is 24.7 Å². The molecule has 160 valence electrons. The maximum absolute atomic E-state index is 12.2. The van der Waals surface area contributed by atoms with E-state index in [0.717, 1.165) is 25.7 Å². The minimum absolute atomic E-state index is 0.0231. The average Bonchev–Trinajstić information content (AvgIpc) is 3.22. The van der Waals surface area contributed by atoms with Gasteiger partial charge < -0.3 is 14.6 Å². The molecule has 1 N–H and O–H groups in total. The van der Waals surface area contributed by atoms with E-state index >= 15 is 0 Å². The number of fused-ring (bicyclic) bond motifs is 6. The highest BCUT2D eigenvalue weighted by molar-refractivity contribution is 5.75. The van der Waals surface area contributed by atoms with Crippen LogP contribution in [-0.2, 0) is 19.1 Å². The zero-order chi connectivity index (χ0) is 20.7. The molecule has 1 aliphatic heterocycles. The fourth-order valence-electron chi connectivity index (χ4n) is 8.52. The number of allylic oxidation sites excluding steroid dienone is 1. The van der Waals surface area contributed by atoms with Gasteiger partial charge >= 0.3 is 11.9 Å². The summed E-state index contributed by atoms with van der Waals surface area (Å²) in [4.78, 5) is 24.4. The predicted molar refractivity (Wildman–Crippen MR) is 107 cm³/mol. The Labute approximate surface area is 173 Å². The lowest BCUT2D eigenvalue weighted by atomic mass is 9.53. The topological polar surface area (TPSA) is 72.8 Å². The Bertz CT molecular complexity index is 773. The summed E-state index contributed by atoms with van der Waals surface area (Å²) >= 11 is 0. The van der Waals surface area contributed by atoms with Gasteiger partial charge in [-0.2, -0.15) is 0 Å². The summed E-state index contributed by atoms with van der Waals surface area (Å²) in [6, 6.07) is 0. The number of carbonyl (C=O) groups excluding carboxylic acids is 2. The van der Waals surface area contributed by atoms with Crippen molar-refractivity contribution in [3.8, 4) is 0 Å². The van der Waals surface area contributed by atoms with Gasteiger partial charge in [-0.25, -0.2) is 0 Å². The lowest BCUT2D eigenvalue weighted by molar-refractivity contribution is -0.179. The first-order valence-corrected chi connectivity index (χ1v) is 11.4. The second-order valence-electron chi connectivity index (χ2n) is 10.9. The third-order valence-corrected chi connectivity index (χ3v) is 9.57. The van der Waals surface area contributed by atoms with Gasteiger partial charge in [-0.15, -0.1) is 0 Å². The Morgan fingerprint density at radius 3 is 2.76 bits per heavy atom. The third-order valence-electron chi connectivity index (χ3n) is 9.57. The SMILES string of the molecule is CC(=O)O[C@@]1(C)[C@@H]2C[C@H](O)CC2=CC[C@H]2[C@@H]3C[C@@H]4OC(=O)[C@@H](C)[C@@H]4[C@@]3(C)CC[C@@H]21. The van der Waals surface area contributed by atoms with E-state index in [9.17, 15) is 14.7 Å². The molecule has 5 heteroatoms. The normalized spacial score (nSPS) is 53.1. The van der Waals surface area contributed by atoms with Crippen LogP contribution in [0.2, 0.25) is 0 Å². The molecular formula is C24H34O5. The van der Waals surface area contributed by atoms with E-state index in [1.54, 1.807) is 0 Å². The van der Waals surface area contributed by atoms with Crippen molar-refractivity contribution in [3.05, 3.63) is 11.6 Å². The Morgan fingerprint density at radius 2 is 2.03 bits per heavy atom. The maximum atomic E-state index is 12.2. The van der Waals surface area contributed by atoms with Crippen LogP contribution in [0.4, 0.5) is 0 Å². The Balaban J connectivity index is 1.54. The van der Waals surface area contributed by atoms with E-state index in [1.165, 1.54) is 12.5 Å². The Morgan fingerprint density at radius 1 is 1.28 bits per heavy atom. The molecule has 5 nitrogen and oxygen atoms in total. The van der Waals surface area contributed by atoms with E-state index in [4.69, 9.17) is 9.47 Å². The van der Waals surface area contributed by atoms with Crippen LogP contribution in [0.25, 0.3) is 0 Å². The fourth-order valence-corrected chi connectivity index (χ4v) is 8.52. The molecule has 1 heterocycles. The van der Waals surface area contributed by atoms with Gasteiger partial charge in [-0.3, -0.25) is 9.59 Å². The fraction of sp³-hybridized carbons (Fsp3) is 0.833. The molecule has 5 aliphatic rings. The van der Waals surface area contributed by atoms with Crippen molar-refractivity contribution in [2.75, 3.05) is 0 Å². The second-order valence-corrected chi connectivity index (χ2v) is 10.9. The van der Waals surface area contributed by atoms with Crippen molar-refractivity contribution in [2.45, 2.75) is 84.0 Å². The molecular weight excluding hydrogens is 368 g/mol. The largest absolute Gasteiger partial charge is 0.462 e. The average molecular weight is 403 g/mol. The highest BCUT2D eigenvalue weighted by Crippen LogP contribution is 2.67. The van der Waals surface area contributed by atoms with Crippen LogP contribution in [0.5, 0.6) is 0 Å². The lowest BCUT2D eigenvalue weighted by Gasteiger charge is -2.53. The van der Waals surface area contributed by atoms with E-state index in [1.807, 2.05) is 6.92 Å². The van der Waals surface area contributed by atoms with Crippen molar-refractivity contribution in [2.24, 2.45) is 40.9 Å². The molecule has 4 aliphatic carbocycles. The third kappa shape index (κ3) is 2.62. The van der Waals surface area contributed by atoms with Gasteiger partial charge in [0.05, 0.1) is 12.0 Å². The molecule has 0 aromatic rings. The molecule has 29 heavy (non-hydrogen) atoms. The molecule has 0 aromatic heterocycles. The molecule has 0 bridgehead atoms. The van der Waals surface area contributed by atoms with E-state index in [-0.39, 0.29) is 47.3 Å². The zero-order valence-corrected chi connectivity index (χ0v) is 18.0. The molecule has 0 unspecified atom stereocenters. The summed E-state index contributed by atoms with van der Waals surface area (Å²) in [6.45, 7) is 8.04. The van der Waals surface area contributed by atoms with Gasteiger partial charge in [0.2, 0.25) is 0 Å². The van der Waals surface area contributed by atoms with Crippen LogP contribution in [0.15, 0.2) is 11.6 Å². The van der Waals surface area contributed by atoms with E-state index in [0.29, 0.717) is 30.6 Å². The highest BCUT2D eigenvalue weighted by Gasteiger charge is 2.66. The summed E-state index contributed by atoms with van der Waals surface area (Å²) in [6.07, 6.45) is 7.39. The molecule has 3 saturated carbocycles. The molecule has 0 spiro atoms. The zero-order valence-electron chi connectivity index (χ0n) is 18.0. The van der Waals surface area contributed by atoms with E-state index in [2.05, 4.69) is 19.9 Å². The van der Waals surface area contributed by atoms with Crippen molar-refractivity contribution >= 4 is 11.9 Å². The Kier molecular flexibility index (Phi) is 4.27. The first kappa shape index (κ1) is 19.6. The van der Waals surface area contributed by atoms with Crippen molar-refractivity contribution < 1.29 is 24.2 Å². The standard InChI is InChI=1S/C24H34O5/c1-12-21-20(28-22(12)27)11-19-16-6-5-14-9-15(26)10-18(14)24(4,29-13(2)25)17(16)7-8-23(19,21)3/h5,12,15-21,26H,6-11H2,1-4H3/t12-,15+,16+,17-,18+,19-,20-,21-,23-,24+/m0/s1. The van der Waals surface area contributed by atoms with Gasteiger partial charge in [-0.1, -0.05) is 25.5 Å². The van der Waals surface area contributed by atoms with Crippen LogP contribution >= 0.6 is 0 Å². The molecule has 0 amide bonds. The minimum atomic E-state index is -0.572. The maximum Gasteiger partial charge on any atom is 0.309 e. The first-order chi connectivity index (χ1) is 13.6. The summed E-state index contributed by atoms with van der Waals surface area (Å²) in [5, 5.41) is 10.3. The van der Waals surface area contributed by atoms with Crippen molar-refractivity contribution in [1.29, 1.82) is 0 Å². The van der Waals surface area contributed by atoms with Crippen LogP contribution in [0, 0.1) is 40.9 Å². The van der Waals surface area contributed by atoms with Gasteiger partial charge in [0.15, 0.2) is 0 Å². The number of hydrogen-bond acceptors (Lipinski definition) is 5. The predicted octanol–water partition coefficient (Wildman–Crippen LogP) is 3.64. The molecule has 5 rings (SSSR count). The molecule has 10 atom stereocenters. The van der Waals surface area contributed by atoms with Crippen molar-refractivity contribution in [1.82, 2.24) is 0 Å². The van der Waals surface area contributed by atoms with Crippen molar-refractivity contribution in [3.63, 3.8) is 0 Å². The number of aliphatic hydroxyl groups is 1. The summed E-state index contributed by atoms with van der Waals surface area (Å²) in [7, 11) is 0. The number of esters is 2. The number of ether oxygens (including phenoxy) is 2. The number of carbonyl (C=O) groups is 2. The lowest BCUT2D eigenvalue weighted by Crippen LogP contribution is -2.53. The van der Waals surface area contributed by atoms with Crippen LogP contribution < -0.4 is 0 Å². The quantitative estimate of drug-likeness (QED) is 0.535. The number of hydrogen-bond donors (Lipinski definition) is 1. The Hall–Kier alpha value is -1.36. The summed E-state index contributed by atoms with van der Waals surface area (Å²) < 4.78 is 11.9. The summed E-state index contributed by atoms with van der Waals surface area (Å²) in [5.74, 6) is 1.30. The molecule has 0 aromatic carbocycles. The monoisotopic (exact) mass is 402 g/mol. The highest BCUT2D eigenvalue weighted by atomic mass is 16.6. The number of aliphatic hydroxyl groups excluding tert-OH is 1. The van der Waals surface area contributed by atoms with Gasteiger partial charge in [-0.05, 0) is 62.7 Å². The minimum Gasteiger partial charge on any atom is -0.462 e. The molecule has 4 fully saturated rings. The summed E-state index contributed by atoms with van der Waals surface area (Å²) in [5.41, 5.74) is 0.805. The van der Waals surface area contributed by atoms with Gasteiger partial charge in [0.1, 0.15) is 11.7 Å².